The van der Waals surface area contributed by atoms with E-state index in [1.165, 1.54) is 5.56 Å². The number of rotatable bonds is 1. The first-order valence-corrected chi connectivity index (χ1v) is 9.45. The minimum atomic E-state index is -0.328. The van der Waals surface area contributed by atoms with E-state index in [0.717, 1.165) is 24.9 Å². The van der Waals surface area contributed by atoms with Gasteiger partial charge in [0.15, 0.2) is 0 Å². The lowest BCUT2D eigenvalue weighted by Gasteiger charge is -2.42. The van der Waals surface area contributed by atoms with Gasteiger partial charge in [-0.05, 0) is 30.9 Å². The van der Waals surface area contributed by atoms with Crippen molar-refractivity contribution in [3.63, 3.8) is 0 Å². The number of nitrogens with zero attached hydrogens (tertiary/aromatic N) is 3. The summed E-state index contributed by atoms with van der Waals surface area (Å²) in [5.41, 5.74) is 2.45. The highest BCUT2D eigenvalue weighted by Crippen LogP contribution is 2.33. The second kappa shape index (κ2) is 7.06. The molecule has 1 spiro atoms. The lowest BCUT2D eigenvalue weighted by Crippen LogP contribution is -2.52. The number of imidazole rings is 1. The Bertz CT molecular complexity index is 852. The lowest BCUT2D eigenvalue weighted by atomic mass is 9.83. The molecule has 0 bridgehead atoms. The minimum Gasteiger partial charge on any atom is -0.379 e. The Labute approximate surface area is 158 Å². The van der Waals surface area contributed by atoms with Gasteiger partial charge in [-0.15, -0.1) is 0 Å². The van der Waals surface area contributed by atoms with Crippen molar-refractivity contribution in [2.45, 2.75) is 31.2 Å². The van der Waals surface area contributed by atoms with E-state index in [0.29, 0.717) is 31.7 Å². The smallest absolute Gasteiger partial charge is 0.274 e. The Balaban J connectivity index is 1.52. The van der Waals surface area contributed by atoms with Gasteiger partial charge in [0.2, 0.25) is 5.91 Å². The molecule has 142 valence electrons. The first kappa shape index (κ1) is 17.6. The normalized spacial score (nSPS) is 19.3. The molecule has 4 rings (SSSR count). The highest BCUT2D eigenvalue weighted by Gasteiger charge is 2.39. The summed E-state index contributed by atoms with van der Waals surface area (Å²) < 4.78 is 1.78. The molecule has 2 aliphatic rings. The van der Waals surface area contributed by atoms with Crippen LogP contribution in [0.25, 0.3) is 0 Å². The average molecular weight is 367 g/mol. The molecule has 2 N–H and O–H groups in total. The third kappa shape index (κ3) is 3.67. The molecule has 27 heavy (non-hydrogen) atoms. The topological polar surface area (TPSA) is 79.3 Å². The summed E-state index contributed by atoms with van der Waals surface area (Å²) >= 11 is 0. The summed E-state index contributed by atoms with van der Waals surface area (Å²) in [5, 5.41) is 6.70. The van der Waals surface area contributed by atoms with Gasteiger partial charge in [0, 0.05) is 50.5 Å². The molecule has 7 heteroatoms. The van der Waals surface area contributed by atoms with E-state index in [4.69, 9.17) is 0 Å². The van der Waals surface area contributed by atoms with Crippen molar-refractivity contribution in [3.05, 3.63) is 48.0 Å². The highest BCUT2D eigenvalue weighted by molar-refractivity contribution is 5.92. The van der Waals surface area contributed by atoms with E-state index in [9.17, 15) is 9.59 Å². The number of aryl methyl sites for hydroxylation is 1. The zero-order valence-electron chi connectivity index (χ0n) is 15.6. The predicted octanol–water partition coefficient (Wildman–Crippen LogP) is 1.57. The van der Waals surface area contributed by atoms with Gasteiger partial charge in [-0.1, -0.05) is 18.2 Å². The maximum absolute atomic E-state index is 12.7. The quantitative estimate of drug-likeness (QED) is 0.802. The molecule has 7 nitrogen and oxygen atoms in total. The number of carbonyl (C=O) groups excluding carboxylic acids is 2. The molecule has 2 aliphatic heterocycles. The molecule has 0 aliphatic carbocycles. The van der Waals surface area contributed by atoms with Crippen molar-refractivity contribution in [2.75, 3.05) is 25.0 Å². The molecular weight excluding hydrogens is 342 g/mol. The Kier molecular flexibility index (Phi) is 4.59. The van der Waals surface area contributed by atoms with Crippen LogP contribution in [0.1, 0.15) is 35.3 Å². The molecule has 1 aromatic carbocycles. The summed E-state index contributed by atoms with van der Waals surface area (Å²) in [6.07, 6.45) is 6.08. The average Bonchev–Trinajstić information content (AvgIpc) is 3.11. The van der Waals surface area contributed by atoms with Gasteiger partial charge >= 0.3 is 0 Å². The van der Waals surface area contributed by atoms with E-state index < -0.39 is 0 Å². The molecule has 1 saturated heterocycles. The maximum Gasteiger partial charge on any atom is 0.274 e. The summed E-state index contributed by atoms with van der Waals surface area (Å²) in [6, 6.07) is 8.24. The number of piperidine rings is 1. The van der Waals surface area contributed by atoms with Gasteiger partial charge in [0.05, 0.1) is 6.33 Å². The first-order valence-electron chi connectivity index (χ1n) is 9.45. The summed E-state index contributed by atoms with van der Waals surface area (Å²) in [6.45, 7) is 1.87. The van der Waals surface area contributed by atoms with Crippen molar-refractivity contribution < 1.29 is 9.59 Å². The van der Waals surface area contributed by atoms with Gasteiger partial charge < -0.3 is 20.1 Å². The Morgan fingerprint density at radius 1 is 1.22 bits per heavy atom. The number of benzene rings is 1. The van der Waals surface area contributed by atoms with Gasteiger partial charge in [-0.25, -0.2) is 4.98 Å². The van der Waals surface area contributed by atoms with Crippen molar-refractivity contribution in [1.82, 2.24) is 19.8 Å². The van der Waals surface area contributed by atoms with Crippen molar-refractivity contribution >= 4 is 17.5 Å². The molecular formula is C20H25N5O2. The van der Waals surface area contributed by atoms with Crippen LogP contribution < -0.4 is 10.6 Å². The molecule has 1 aromatic heterocycles. The van der Waals surface area contributed by atoms with E-state index in [2.05, 4.69) is 27.8 Å². The number of carbonyl (C=O) groups is 2. The number of nitrogens with one attached hydrogen (secondary N) is 2. The zero-order valence-corrected chi connectivity index (χ0v) is 15.6. The Morgan fingerprint density at radius 2 is 2.00 bits per heavy atom. The van der Waals surface area contributed by atoms with Gasteiger partial charge in [-0.3, -0.25) is 9.59 Å². The van der Waals surface area contributed by atoms with Crippen LogP contribution in [0.3, 0.4) is 0 Å². The second-order valence-electron chi connectivity index (χ2n) is 7.56. The molecule has 1 fully saturated rings. The zero-order chi connectivity index (χ0) is 18.9. The number of anilines is 1. The summed E-state index contributed by atoms with van der Waals surface area (Å²) in [5.74, 6) is 0.0261. The van der Waals surface area contributed by atoms with Gasteiger partial charge in [0.1, 0.15) is 5.69 Å². The fourth-order valence-electron chi connectivity index (χ4n) is 4.02. The van der Waals surface area contributed by atoms with Crippen molar-refractivity contribution in [1.29, 1.82) is 0 Å². The van der Waals surface area contributed by atoms with Crippen LogP contribution in [0.15, 0.2) is 36.8 Å². The number of hydrogen-bond donors (Lipinski definition) is 2. The largest absolute Gasteiger partial charge is 0.379 e. The fourth-order valence-corrected chi connectivity index (χ4v) is 4.02. The molecule has 0 unspecified atom stereocenters. The van der Waals surface area contributed by atoms with Crippen LogP contribution in [0.2, 0.25) is 0 Å². The van der Waals surface area contributed by atoms with Crippen LogP contribution in [0.5, 0.6) is 0 Å². The fraction of sp³-hybridized carbons (Fsp3) is 0.450. The van der Waals surface area contributed by atoms with Crippen LogP contribution >= 0.6 is 0 Å². The van der Waals surface area contributed by atoms with Crippen LogP contribution in [0.4, 0.5) is 5.69 Å². The summed E-state index contributed by atoms with van der Waals surface area (Å²) in [4.78, 5) is 31.1. The number of aromatic nitrogens is 2. The van der Waals surface area contributed by atoms with Crippen LogP contribution in [-0.4, -0.2) is 51.4 Å². The van der Waals surface area contributed by atoms with E-state index >= 15 is 0 Å². The number of hydrogen-bond acceptors (Lipinski definition) is 4. The third-order valence-corrected chi connectivity index (χ3v) is 5.56. The molecule has 0 atom stereocenters. The molecule has 2 aromatic rings. The monoisotopic (exact) mass is 367 g/mol. The minimum absolute atomic E-state index is 0.0432. The van der Waals surface area contributed by atoms with Gasteiger partial charge in [-0.2, -0.15) is 0 Å². The van der Waals surface area contributed by atoms with Crippen molar-refractivity contribution in [3.8, 4) is 0 Å². The number of para-hydroxylation sites is 1. The van der Waals surface area contributed by atoms with Gasteiger partial charge in [0.25, 0.3) is 5.91 Å². The number of likely N-dealkylation sites (tertiary alicyclic amines) is 1. The lowest BCUT2D eigenvalue weighted by molar-refractivity contribution is -0.122. The standard InChI is InChI=1S/C20H25N5O2/c1-24-13-17(22-14-24)19(27)25-10-7-20(8-11-25)12-18(26)21-9-6-15-4-2-3-5-16(15)23-20/h2-5,13-14,23H,6-12H2,1H3,(H,21,26). The molecule has 0 radical (unpaired) electrons. The SMILES string of the molecule is Cn1cnc(C(=O)N2CCC3(CC2)CC(=O)NCCc2ccccc2N3)c1. The number of fused-ring (bicyclic) bond motifs is 1. The first-order chi connectivity index (χ1) is 13.0. The van der Waals surface area contributed by atoms with Crippen LogP contribution in [-0.2, 0) is 18.3 Å². The molecule has 3 heterocycles. The maximum atomic E-state index is 12.7. The predicted molar refractivity (Wildman–Crippen MR) is 102 cm³/mol. The third-order valence-electron chi connectivity index (χ3n) is 5.56. The number of amides is 2. The van der Waals surface area contributed by atoms with E-state index in [1.54, 1.807) is 17.1 Å². The highest BCUT2D eigenvalue weighted by atomic mass is 16.2. The summed E-state index contributed by atoms with van der Waals surface area (Å²) in [7, 11) is 1.85. The van der Waals surface area contributed by atoms with E-state index in [-0.39, 0.29) is 17.4 Å². The molecule has 2 amide bonds. The van der Waals surface area contributed by atoms with Crippen LogP contribution in [0, 0.1) is 0 Å². The van der Waals surface area contributed by atoms with E-state index in [1.807, 2.05) is 24.1 Å². The second-order valence-corrected chi connectivity index (χ2v) is 7.56. The Hall–Kier alpha value is -2.83. The van der Waals surface area contributed by atoms with Crippen molar-refractivity contribution in [2.24, 2.45) is 7.05 Å². The molecule has 0 saturated carbocycles. The Morgan fingerprint density at radius 3 is 2.74 bits per heavy atom.